The van der Waals surface area contributed by atoms with Gasteiger partial charge >= 0.3 is 0 Å². The molecule has 2 aromatic rings. The number of para-hydroxylation sites is 1. The normalized spacial score (nSPS) is 18.8. The second-order valence-corrected chi connectivity index (χ2v) is 7.83. The lowest BCUT2D eigenvalue weighted by atomic mass is 10.1. The minimum atomic E-state index is -3.25. The highest BCUT2D eigenvalue weighted by molar-refractivity contribution is 7.91. The Hall–Kier alpha value is -1.82. The van der Waals surface area contributed by atoms with Crippen LogP contribution < -0.4 is 4.90 Å². The third-order valence-corrected chi connectivity index (χ3v) is 5.91. The van der Waals surface area contributed by atoms with Crippen LogP contribution in [0.3, 0.4) is 0 Å². The van der Waals surface area contributed by atoms with Gasteiger partial charge in [0.05, 0.1) is 22.4 Å². The molecule has 1 unspecified atom stereocenters. The average Bonchev–Trinajstić information content (AvgIpc) is 3.15. The highest BCUT2D eigenvalue weighted by Gasteiger charge is 2.31. The summed E-state index contributed by atoms with van der Waals surface area (Å²) in [5, 5.41) is 4.12. The topological polar surface area (TPSA) is 63.4 Å². The van der Waals surface area contributed by atoms with E-state index in [4.69, 9.17) is 4.52 Å². The number of sulfone groups is 1. The molecule has 2 heterocycles. The first kappa shape index (κ1) is 15.1. The van der Waals surface area contributed by atoms with Crippen LogP contribution in [-0.2, 0) is 9.84 Å². The summed E-state index contributed by atoms with van der Waals surface area (Å²) >= 11 is 0. The van der Waals surface area contributed by atoms with Crippen LogP contribution in [0.2, 0.25) is 0 Å². The molecule has 1 fully saturated rings. The largest absolute Gasteiger partial charge is 0.362 e. The second-order valence-electron chi connectivity index (χ2n) is 5.58. The molecule has 1 aliphatic rings. The molecule has 0 amide bonds. The molecule has 0 spiro atoms. The van der Waals surface area contributed by atoms with E-state index in [0.29, 0.717) is 4.90 Å². The van der Waals surface area contributed by atoms with Gasteiger partial charge in [-0.2, -0.15) is 0 Å². The van der Waals surface area contributed by atoms with Crippen molar-refractivity contribution in [3.05, 3.63) is 41.8 Å². The number of hydrogen-bond acceptors (Lipinski definition) is 5. The highest BCUT2D eigenvalue weighted by atomic mass is 32.2. The van der Waals surface area contributed by atoms with Gasteiger partial charge in [-0.1, -0.05) is 24.2 Å². The number of rotatable bonds is 4. The first-order valence-electron chi connectivity index (χ1n) is 7.54. The molecule has 118 valence electrons. The van der Waals surface area contributed by atoms with Gasteiger partial charge in [-0.15, -0.1) is 0 Å². The molecule has 5 nitrogen and oxygen atoms in total. The molecule has 1 atom stereocenters. The summed E-state index contributed by atoms with van der Waals surface area (Å²) < 4.78 is 29.9. The van der Waals surface area contributed by atoms with Crippen LogP contribution in [0.15, 0.2) is 39.8 Å². The molecule has 0 radical (unpaired) electrons. The molecule has 22 heavy (non-hydrogen) atoms. The predicted molar refractivity (Wildman–Crippen MR) is 84.7 cm³/mol. The summed E-state index contributed by atoms with van der Waals surface area (Å²) in [6.45, 7) is 4.37. The molecule has 3 rings (SSSR count). The van der Waals surface area contributed by atoms with Gasteiger partial charge in [-0.3, -0.25) is 0 Å². The number of benzene rings is 1. The summed E-state index contributed by atoms with van der Waals surface area (Å²) in [5.41, 5.74) is 1.64. The molecule has 0 aliphatic carbocycles. The van der Waals surface area contributed by atoms with Gasteiger partial charge in [0.2, 0.25) is 0 Å². The molecule has 1 aromatic carbocycles. The van der Waals surface area contributed by atoms with Crippen molar-refractivity contribution in [2.75, 3.05) is 17.2 Å². The number of hydrogen-bond donors (Lipinski definition) is 0. The van der Waals surface area contributed by atoms with Gasteiger partial charge in [0.15, 0.2) is 9.84 Å². The van der Waals surface area contributed by atoms with Crippen molar-refractivity contribution < 1.29 is 12.9 Å². The smallest absolute Gasteiger partial charge is 0.180 e. The fraction of sp³-hybridized carbons (Fsp3) is 0.438. The van der Waals surface area contributed by atoms with Gasteiger partial charge in [-0.05, 0) is 31.9 Å². The van der Waals surface area contributed by atoms with Crippen molar-refractivity contribution in [2.45, 2.75) is 37.6 Å². The molecule has 0 bridgehead atoms. The van der Waals surface area contributed by atoms with E-state index >= 15 is 0 Å². The Bertz CT molecular complexity index is 767. The predicted octanol–water partition coefficient (Wildman–Crippen LogP) is 3.12. The number of anilines is 1. The van der Waals surface area contributed by atoms with Crippen LogP contribution in [0.25, 0.3) is 0 Å². The first-order chi connectivity index (χ1) is 10.5. The van der Waals surface area contributed by atoms with Crippen LogP contribution in [0.5, 0.6) is 0 Å². The van der Waals surface area contributed by atoms with Crippen LogP contribution in [0.4, 0.5) is 5.69 Å². The Labute approximate surface area is 130 Å². The van der Waals surface area contributed by atoms with Gasteiger partial charge in [0, 0.05) is 12.6 Å². The number of aromatic nitrogens is 1. The lowest BCUT2D eigenvalue weighted by molar-refractivity contribution is 0.385. The van der Waals surface area contributed by atoms with Crippen molar-refractivity contribution in [3.63, 3.8) is 0 Å². The molecule has 6 heteroatoms. The van der Waals surface area contributed by atoms with Crippen molar-refractivity contribution in [1.29, 1.82) is 0 Å². The van der Waals surface area contributed by atoms with Gasteiger partial charge < -0.3 is 9.42 Å². The summed E-state index contributed by atoms with van der Waals surface area (Å²) in [6, 6.07) is 9.24. The standard InChI is InChI=1S/C16H20N2O3S/c1-3-22(19,20)16-9-5-4-7-15(16)18-10-6-8-14(18)13-11-12(2)21-17-13/h4-5,7,9,11,14H,3,6,8,10H2,1-2H3. The van der Waals surface area contributed by atoms with E-state index in [1.807, 2.05) is 25.1 Å². The van der Waals surface area contributed by atoms with Crippen molar-refractivity contribution >= 4 is 15.5 Å². The van der Waals surface area contributed by atoms with Gasteiger partial charge in [0.1, 0.15) is 11.5 Å². The third-order valence-electron chi connectivity index (χ3n) is 4.13. The minimum Gasteiger partial charge on any atom is -0.362 e. The number of aryl methyl sites for hydroxylation is 1. The molecule has 0 saturated carbocycles. The van der Waals surface area contributed by atoms with E-state index in [9.17, 15) is 8.42 Å². The average molecular weight is 320 g/mol. The third kappa shape index (κ3) is 2.63. The van der Waals surface area contributed by atoms with E-state index in [-0.39, 0.29) is 11.8 Å². The Kier molecular flexibility index (Phi) is 3.95. The maximum absolute atomic E-state index is 12.4. The van der Waals surface area contributed by atoms with E-state index in [1.165, 1.54) is 0 Å². The Morgan fingerprint density at radius 1 is 1.36 bits per heavy atom. The fourth-order valence-corrected chi connectivity index (χ4v) is 4.12. The lowest BCUT2D eigenvalue weighted by Crippen LogP contribution is -2.25. The fourth-order valence-electron chi connectivity index (χ4n) is 3.02. The van der Waals surface area contributed by atoms with E-state index in [0.717, 1.165) is 36.5 Å². The van der Waals surface area contributed by atoms with E-state index in [1.54, 1.807) is 19.1 Å². The Morgan fingerprint density at radius 3 is 2.82 bits per heavy atom. The molecular formula is C16H20N2O3S. The molecule has 1 aromatic heterocycles. The van der Waals surface area contributed by atoms with Gasteiger partial charge in [0.25, 0.3) is 0 Å². The second kappa shape index (κ2) is 5.76. The molecular weight excluding hydrogens is 300 g/mol. The van der Waals surface area contributed by atoms with E-state index < -0.39 is 9.84 Å². The zero-order chi connectivity index (χ0) is 15.7. The zero-order valence-corrected chi connectivity index (χ0v) is 13.6. The monoisotopic (exact) mass is 320 g/mol. The van der Waals surface area contributed by atoms with Crippen LogP contribution in [-0.4, -0.2) is 25.9 Å². The minimum absolute atomic E-state index is 0.0747. The van der Waals surface area contributed by atoms with Crippen molar-refractivity contribution in [3.8, 4) is 0 Å². The van der Waals surface area contributed by atoms with Crippen LogP contribution in [0.1, 0.15) is 37.3 Å². The quantitative estimate of drug-likeness (QED) is 0.866. The Morgan fingerprint density at radius 2 is 2.14 bits per heavy atom. The summed E-state index contributed by atoms with van der Waals surface area (Å²) in [7, 11) is -3.25. The maximum Gasteiger partial charge on any atom is 0.180 e. The first-order valence-corrected chi connectivity index (χ1v) is 9.20. The lowest BCUT2D eigenvalue weighted by Gasteiger charge is -2.27. The van der Waals surface area contributed by atoms with Crippen LogP contribution in [0, 0.1) is 6.92 Å². The molecule has 0 N–H and O–H groups in total. The SMILES string of the molecule is CCS(=O)(=O)c1ccccc1N1CCCC1c1cc(C)on1. The molecule has 1 aliphatic heterocycles. The van der Waals surface area contributed by atoms with Gasteiger partial charge in [-0.25, -0.2) is 8.42 Å². The van der Waals surface area contributed by atoms with Crippen molar-refractivity contribution in [2.24, 2.45) is 0 Å². The van der Waals surface area contributed by atoms with Crippen molar-refractivity contribution in [1.82, 2.24) is 5.16 Å². The van der Waals surface area contributed by atoms with Crippen LogP contribution >= 0.6 is 0 Å². The summed E-state index contributed by atoms with van der Waals surface area (Å²) in [5.74, 6) is 0.877. The Balaban J connectivity index is 2.04. The summed E-state index contributed by atoms with van der Waals surface area (Å²) in [6.07, 6.45) is 1.96. The van der Waals surface area contributed by atoms with E-state index in [2.05, 4.69) is 10.1 Å². The maximum atomic E-state index is 12.4. The molecule has 1 saturated heterocycles. The zero-order valence-electron chi connectivity index (χ0n) is 12.8. The highest BCUT2D eigenvalue weighted by Crippen LogP contribution is 2.38. The summed E-state index contributed by atoms with van der Waals surface area (Å²) in [4.78, 5) is 2.55. The number of nitrogens with zero attached hydrogens (tertiary/aromatic N) is 2.